The molecular formula is C7H3ClF2N2O2S. The van der Waals surface area contributed by atoms with Crippen molar-refractivity contribution in [2.24, 2.45) is 0 Å². The molecule has 0 fully saturated rings. The molecule has 15 heavy (non-hydrogen) atoms. The average Bonchev–Trinajstić information content (AvgIpc) is 2.15. The molecule has 0 aromatic carbocycles. The Hall–Kier alpha value is -1.26. The molecule has 0 atom stereocenters. The SMILES string of the molecule is N#Cc1nc(S(=O)(=O)Cl)ccc1C(F)F. The summed E-state index contributed by atoms with van der Waals surface area (Å²) >= 11 is 0. The summed E-state index contributed by atoms with van der Waals surface area (Å²) in [5.41, 5.74) is -1.27. The second kappa shape index (κ2) is 4.08. The summed E-state index contributed by atoms with van der Waals surface area (Å²) in [6.07, 6.45) is -2.89. The molecule has 0 unspecified atom stereocenters. The molecule has 0 aliphatic heterocycles. The Labute approximate surface area is 88.5 Å². The number of nitrogens with zero attached hydrogens (tertiary/aromatic N) is 2. The molecule has 0 amide bonds. The van der Waals surface area contributed by atoms with Crippen molar-refractivity contribution in [3.05, 3.63) is 23.4 Å². The van der Waals surface area contributed by atoms with E-state index in [1.54, 1.807) is 0 Å². The predicted octanol–water partition coefficient (Wildman–Crippen LogP) is 1.82. The third-order valence-electron chi connectivity index (χ3n) is 1.49. The first-order chi connectivity index (χ1) is 6.86. The maximum Gasteiger partial charge on any atom is 0.278 e. The molecular weight excluding hydrogens is 250 g/mol. The molecule has 0 aliphatic carbocycles. The molecule has 1 heterocycles. The summed E-state index contributed by atoms with van der Waals surface area (Å²) in [5.74, 6) is 0. The number of alkyl halides is 2. The zero-order valence-electron chi connectivity index (χ0n) is 6.99. The molecule has 0 bridgehead atoms. The van der Waals surface area contributed by atoms with Crippen LogP contribution in [0.1, 0.15) is 17.7 Å². The summed E-state index contributed by atoms with van der Waals surface area (Å²) < 4.78 is 46.1. The predicted molar refractivity (Wildman–Crippen MR) is 46.9 cm³/mol. The average molecular weight is 253 g/mol. The van der Waals surface area contributed by atoms with E-state index in [0.29, 0.717) is 0 Å². The molecule has 1 rings (SSSR count). The lowest BCUT2D eigenvalue weighted by Crippen LogP contribution is -2.01. The van der Waals surface area contributed by atoms with Crippen LogP contribution in [-0.2, 0) is 9.05 Å². The van der Waals surface area contributed by atoms with Crippen LogP contribution in [0.25, 0.3) is 0 Å². The van der Waals surface area contributed by atoms with Gasteiger partial charge in [-0.05, 0) is 12.1 Å². The normalized spacial score (nSPS) is 11.4. The lowest BCUT2D eigenvalue weighted by Gasteiger charge is -2.02. The molecule has 1 aromatic rings. The molecule has 1 aromatic heterocycles. The minimum absolute atomic E-state index is 0.620. The molecule has 0 saturated carbocycles. The van der Waals surface area contributed by atoms with Crippen LogP contribution in [0.15, 0.2) is 17.2 Å². The van der Waals surface area contributed by atoms with Gasteiger partial charge in [0.05, 0.1) is 5.56 Å². The van der Waals surface area contributed by atoms with Gasteiger partial charge in [0.25, 0.3) is 15.5 Å². The minimum atomic E-state index is -4.11. The van der Waals surface area contributed by atoms with E-state index in [-0.39, 0.29) is 0 Å². The van der Waals surface area contributed by atoms with Gasteiger partial charge in [-0.15, -0.1) is 0 Å². The quantitative estimate of drug-likeness (QED) is 0.753. The smallest absolute Gasteiger partial charge is 0.224 e. The first-order valence-corrected chi connectivity index (χ1v) is 5.81. The van der Waals surface area contributed by atoms with E-state index in [4.69, 9.17) is 15.9 Å². The van der Waals surface area contributed by atoms with E-state index < -0.39 is 31.8 Å². The van der Waals surface area contributed by atoms with Crippen LogP contribution in [-0.4, -0.2) is 13.4 Å². The van der Waals surface area contributed by atoms with Gasteiger partial charge < -0.3 is 0 Å². The summed E-state index contributed by atoms with van der Waals surface area (Å²) in [4.78, 5) is 3.22. The van der Waals surface area contributed by atoms with E-state index in [9.17, 15) is 17.2 Å². The van der Waals surface area contributed by atoms with Crippen molar-refractivity contribution < 1.29 is 17.2 Å². The van der Waals surface area contributed by atoms with E-state index in [0.717, 1.165) is 12.1 Å². The van der Waals surface area contributed by atoms with E-state index in [1.807, 2.05) is 0 Å². The Morgan fingerprint density at radius 2 is 2.07 bits per heavy atom. The Morgan fingerprint density at radius 1 is 1.47 bits per heavy atom. The largest absolute Gasteiger partial charge is 0.278 e. The van der Waals surface area contributed by atoms with Gasteiger partial charge in [0, 0.05) is 10.7 Å². The Bertz CT molecular complexity index is 524. The summed E-state index contributed by atoms with van der Waals surface area (Å²) in [5, 5.41) is 7.85. The molecule has 80 valence electrons. The maximum absolute atomic E-state index is 12.3. The highest BCUT2D eigenvalue weighted by Gasteiger charge is 2.19. The van der Waals surface area contributed by atoms with Gasteiger partial charge in [-0.25, -0.2) is 22.2 Å². The van der Waals surface area contributed by atoms with Gasteiger partial charge in [-0.1, -0.05) is 0 Å². The number of hydrogen-bond acceptors (Lipinski definition) is 4. The minimum Gasteiger partial charge on any atom is -0.224 e. The lowest BCUT2D eigenvalue weighted by atomic mass is 10.2. The Kier molecular flexibility index (Phi) is 3.21. The molecule has 8 heteroatoms. The monoisotopic (exact) mass is 252 g/mol. The lowest BCUT2D eigenvalue weighted by molar-refractivity contribution is 0.150. The van der Waals surface area contributed by atoms with Gasteiger partial charge in [0.15, 0.2) is 10.7 Å². The molecule has 0 N–H and O–H groups in total. The molecule has 0 spiro atoms. The van der Waals surface area contributed by atoms with Crippen LogP contribution in [0.5, 0.6) is 0 Å². The van der Waals surface area contributed by atoms with Crippen molar-refractivity contribution in [1.29, 1.82) is 5.26 Å². The zero-order chi connectivity index (χ0) is 11.6. The van der Waals surface area contributed by atoms with Crippen LogP contribution in [0.4, 0.5) is 8.78 Å². The van der Waals surface area contributed by atoms with E-state index in [1.165, 1.54) is 6.07 Å². The van der Waals surface area contributed by atoms with E-state index in [2.05, 4.69) is 4.98 Å². The maximum atomic E-state index is 12.3. The third-order valence-corrected chi connectivity index (χ3v) is 2.69. The van der Waals surface area contributed by atoms with Crippen LogP contribution in [0.2, 0.25) is 0 Å². The third kappa shape index (κ3) is 2.61. The van der Waals surface area contributed by atoms with Crippen molar-refractivity contribution in [3.8, 4) is 6.07 Å². The van der Waals surface area contributed by atoms with Crippen molar-refractivity contribution in [3.63, 3.8) is 0 Å². The number of nitriles is 1. The van der Waals surface area contributed by atoms with Gasteiger partial charge in [-0.3, -0.25) is 0 Å². The highest BCUT2D eigenvalue weighted by atomic mass is 35.7. The zero-order valence-corrected chi connectivity index (χ0v) is 8.56. The van der Waals surface area contributed by atoms with Crippen LogP contribution >= 0.6 is 10.7 Å². The summed E-state index contributed by atoms with van der Waals surface area (Å²) in [7, 11) is 0.819. The van der Waals surface area contributed by atoms with Gasteiger partial charge in [-0.2, -0.15) is 5.26 Å². The van der Waals surface area contributed by atoms with Crippen molar-refractivity contribution in [2.45, 2.75) is 11.5 Å². The standard InChI is InChI=1S/C7H3ClF2N2O2S/c8-15(13,14)6-2-1-4(7(9)10)5(3-11)12-6/h1-2,7H. The topological polar surface area (TPSA) is 70.8 Å². The number of pyridine rings is 1. The molecule has 0 aliphatic rings. The van der Waals surface area contributed by atoms with E-state index >= 15 is 0 Å². The highest BCUT2D eigenvalue weighted by molar-refractivity contribution is 8.13. The summed E-state index contributed by atoms with van der Waals surface area (Å²) in [6, 6.07) is 3.01. The van der Waals surface area contributed by atoms with Crippen molar-refractivity contribution in [2.75, 3.05) is 0 Å². The first-order valence-electron chi connectivity index (χ1n) is 3.50. The van der Waals surface area contributed by atoms with Crippen molar-refractivity contribution in [1.82, 2.24) is 4.98 Å². The molecule has 4 nitrogen and oxygen atoms in total. The Morgan fingerprint density at radius 3 is 2.47 bits per heavy atom. The fraction of sp³-hybridized carbons (Fsp3) is 0.143. The number of halogens is 3. The second-order valence-corrected chi connectivity index (χ2v) is 4.95. The number of rotatable bonds is 2. The molecule has 0 radical (unpaired) electrons. The van der Waals surface area contributed by atoms with Gasteiger partial charge in [0.2, 0.25) is 0 Å². The fourth-order valence-electron chi connectivity index (χ4n) is 0.853. The van der Waals surface area contributed by atoms with Gasteiger partial charge in [0.1, 0.15) is 6.07 Å². The Balaban J connectivity index is 3.40. The van der Waals surface area contributed by atoms with Crippen LogP contribution < -0.4 is 0 Å². The summed E-state index contributed by atoms with van der Waals surface area (Å²) in [6.45, 7) is 0. The van der Waals surface area contributed by atoms with Crippen LogP contribution in [0.3, 0.4) is 0 Å². The number of aromatic nitrogens is 1. The molecule has 0 saturated heterocycles. The first kappa shape index (κ1) is 11.8. The van der Waals surface area contributed by atoms with Crippen molar-refractivity contribution >= 4 is 19.7 Å². The second-order valence-electron chi connectivity index (χ2n) is 2.44. The fourth-order valence-corrected chi connectivity index (χ4v) is 1.54. The highest BCUT2D eigenvalue weighted by Crippen LogP contribution is 2.23. The van der Waals surface area contributed by atoms with Crippen LogP contribution in [0, 0.1) is 11.3 Å². The van der Waals surface area contributed by atoms with Gasteiger partial charge >= 0.3 is 0 Å². The number of hydrogen-bond donors (Lipinski definition) is 0.